The maximum atomic E-state index is 12.3. The lowest BCUT2D eigenvalue weighted by molar-refractivity contribution is -0.134. The SMILES string of the molecule is [C-]#[N+]C1=C[C@@]2(C)CN(C=O)CC[C@@H]2C(C)(C)C1=O. The van der Waals surface area contributed by atoms with Gasteiger partial charge < -0.3 is 9.69 Å². The normalized spacial score (nSPS) is 34.3. The Balaban J connectivity index is 2.49. The fraction of sp³-hybridized carbons (Fsp3) is 0.643. The van der Waals surface area contributed by atoms with E-state index >= 15 is 0 Å². The Kier molecular flexibility index (Phi) is 2.81. The second-order valence-electron chi connectivity index (χ2n) is 6.12. The lowest BCUT2D eigenvalue weighted by Gasteiger charge is -2.52. The van der Waals surface area contributed by atoms with E-state index in [0.29, 0.717) is 13.1 Å². The van der Waals surface area contributed by atoms with Gasteiger partial charge in [-0.3, -0.25) is 4.79 Å². The molecule has 1 aliphatic heterocycles. The zero-order valence-corrected chi connectivity index (χ0v) is 11.1. The van der Waals surface area contributed by atoms with E-state index < -0.39 is 5.41 Å². The number of rotatable bonds is 1. The number of amides is 1. The second kappa shape index (κ2) is 3.94. The standard InChI is InChI=1S/C14H18N2O2/c1-13(2)11-5-6-16(9-17)8-14(11,3)7-10(15-4)12(13)18/h7,9,11H,5-6,8H2,1-3H3/t11-,14+/m1/s1. The van der Waals surface area contributed by atoms with Crippen LogP contribution < -0.4 is 0 Å². The van der Waals surface area contributed by atoms with Crippen LogP contribution >= 0.6 is 0 Å². The first kappa shape index (κ1) is 12.8. The molecule has 0 saturated carbocycles. The molecule has 0 aromatic rings. The lowest BCUT2D eigenvalue weighted by Crippen LogP contribution is -2.55. The lowest BCUT2D eigenvalue weighted by atomic mass is 9.55. The first-order valence-electron chi connectivity index (χ1n) is 6.19. The van der Waals surface area contributed by atoms with Crippen LogP contribution in [-0.4, -0.2) is 30.2 Å². The number of Topliss-reactive ketones (excluding diaryl/α,β-unsaturated/α-hetero) is 1. The van der Waals surface area contributed by atoms with E-state index in [1.807, 2.05) is 20.8 Å². The zero-order chi connectivity index (χ0) is 13.6. The van der Waals surface area contributed by atoms with Crippen LogP contribution in [0.5, 0.6) is 0 Å². The molecule has 1 saturated heterocycles. The highest BCUT2D eigenvalue weighted by Crippen LogP contribution is 2.51. The Morgan fingerprint density at radius 2 is 2.17 bits per heavy atom. The molecule has 18 heavy (non-hydrogen) atoms. The average molecular weight is 246 g/mol. The highest BCUT2D eigenvalue weighted by molar-refractivity contribution is 6.02. The van der Waals surface area contributed by atoms with Gasteiger partial charge >= 0.3 is 0 Å². The van der Waals surface area contributed by atoms with Crippen LogP contribution in [0.4, 0.5) is 0 Å². The summed E-state index contributed by atoms with van der Waals surface area (Å²) < 4.78 is 0. The number of hydrogen-bond donors (Lipinski definition) is 0. The summed E-state index contributed by atoms with van der Waals surface area (Å²) in [6, 6.07) is 0. The van der Waals surface area contributed by atoms with E-state index in [0.717, 1.165) is 12.8 Å². The molecule has 1 amide bonds. The number of fused-ring (bicyclic) bond motifs is 1. The van der Waals surface area contributed by atoms with Gasteiger partial charge in [0.1, 0.15) is 0 Å². The van der Waals surface area contributed by atoms with Crippen LogP contribution in [0.25, 0.3) is 4.85 Å². The highest BCUT2D eigenvalue weighted by atomic mass is 16.1. The van der Waals surface area contributed by atoms with Crippen LogP contribution in [-0.2, 0) is 9.59 Å². The summed E-state index contributed by atoms with van der Waals surface area (Å²) in [7, 11) is 0. The van der Waals surface area contributed by atoms with Crippen molar-refractivity contribution in [1.29, 1.82) is 0 Å². The molecule has 1 heterocycles. The van der Waals surface area contributed by atoms with Gasteiger partial charge in [0.05, 0.1) is 6.57 Å². The Hall–Kier alpha value is -1.63. The third-order valence-corrected chi connectivity index (χ3v) is 4.47. The van der Waals surface area contributed by atoms with Gasteiger partial charge in [-0.1, -0.05) is 26.8 Å². The number of carbonyl (C=O) groups excluding carboxylic acids is 2. The van der Waals surface area contributed by atoms with E-state index in [2.05, 4.69) is 4.85 Å². The van der Waals surface area contributed by atoms with Gasteiger partial charge in [0, 0.05) is 18.5 Å². The van der Waals surface area contributed by atoms with E-state index in [1.165, 1.54) is 0 Å². The topological polar surface area (TPSA) is 41.7 Å². The smallest absolute Gasteiger partial charge is 0.226 e. The van der Waals surface area contributed by atoms with Crippen LogP contribution in [0.2, 0.25) is 0 Å². The molecule has 0 unspecified atom stereocenters. The molecule has 2 aliphatic rings. The predicted octanol–water partition coefficient (Wildman–Crippen LogP) is 1.88. The molecule has 4 nitrogen and oxygen atoms in total. The van der Waals surface area contributed by atoms with Gasteiger partial charge in [-0.2, -0.15) is 0 Å². The minimum atomic E-state index is -0.516. The summed E-state index contributed by atoms with van der Waals surface area (Å²) in [5, 5.41) is 0. The third kappa shape index (κ3) is 1.66. The number of hydrogen-bond acceptors (Lipinski definition) is 2. The van der Waals surface area contributed by atoms with Crippen molar-refractivity contribution in [3.05, 3.63) is 23.2 Å². The molecule has 0 aromatic heterocycles. The van der Waals surface area contributed by atoms with E-state index in [9.17, 15) is 9.59 Å². The molecule has 0 spiro atoms. The summed E-state index contributed by atoms with van der Waals surface area (Å²) in [5.41, 5.74) is -0.555. The van der Waals surface area contributed by atoms with Crippen molar-refractivity contribution in [1.82, 2.24) is 4.90 Å². The minimum Gasteiger partial charge on any atom is -0.344 e. The number of nitrogens with zero attached hydrogens (tertiary/aromatic N) is 2. The first-order chi connectivity index (χ1) is 8.35. The second-order valence-corrected chi connectivity index (χ2v) is 6.12. The Bertz CT molecular complexity index is 473. The molecule has 96 valence electrons. The van der Waals surface area contributed by atoms with Crippen LogP contribution in [0.1, 0.15) is 27.2 Å². The molecule has 2 rings (SSSR count). The summed E-state index contributed by atoms with van der Waals surface area (Å²) in [5.74, 6) is 0.138. The van der Waals surface area contributed by atoms with Gasteiger partial charge in [0.25, 0.3) is 0 Å². The fourth-order valence-corrected chi connectivity index (χ4v) is 3.62. The predicted molar refractivity (Wildman–Crippen MR) is 67.3 cm³/mol. The summed E-state index contributed by atoms with van der Waals surface area (Å²) >= 11 is 0. The molecular weight excluding hydrogens is 228 g/mol. The Labute approximate surface area is 107 Å². The number of ketones is 1. The molecule has 0 aromatic carbocycles. The van der Waals surface area contributed by atoms with Crippen LogP contribution in [0, 0.1) is 23.3 Å². The highest BCUT2D eigenvalue weighted by Gasteiger charge is 2.52. The van der Waals surface area contributed by atoms with Gasteiger partial charge in [-0.05, 0) is 17.8 Å². The van der Waals surface area contributed by atoms with Crippen molar-refractivity contribution in [3.63, 3.8) is 0 Å². The summed E-state index contributed by atoms with van der Waals surface area (Å²) in [6.45, 7) is 14.3. The van der Waals surface area contributed by atoms with Gasteiger partial charge in [-0.15, -0.1) is 0 Å². The Morgan fingerprint density at radius 3 is 2.72 bits per heavy atom. The van der Waals surface area contributed by atoms with Crippen molar-refractivity contribution >= 4 is 12.2 Å². The van der Waals surface area contributed by atoms with Crippen molar-refractivity contribution < 1.29 is 9.59 Å². The molecule has 0 N–H and O–H groups in total. The molecular formula is C14H18N2O2. The first-order valence-corrected chi connectivity index (χ1v) is 6.19. The third-order valence-electron chi connectivity index (χ3n) is 4.47. The zero-order valence-electron chi connectivity index (χ0n) is 11.1. The number of likely N-dealkylation sites (tertiary alicyclic amines) is 1. The number of carbonyl (C=O) groups is 2. The molecule has 2 atom stereocenters. The molecule has 0 bridgehead atoms. The van der Waals surface area contributed by atoms with Crippen molar-refractivity contribution in [2.24, 2.45) is 16.7 Å². The van der Waals surface area contributed by atoms with Crippen molar-refractivity contribution in [2.75, 3.05) is 13.1 Å². The maximum Gasteiger partial charge on any atom is 0.226 e. The maximum absolute atomic E-state index is 12.3. The Morgan fingerprint density at radius 1 is 1.50 bits per heavy atom. The van der Waals surface area contributed by atoms with E-state index in [1.54, 1.807) is 11.0 Å². The van der Waals surface area contributed by atoms with Crippen LogP contribution in [0.3, 0.4) is 0 Å². The monoisotopic (exact) mass is 246 g/mol. The molecule has 1 aliphatic carbocycles. The van der Waals surface area contributed by atoms with Gasteiger partial charge in [-0.25, -0.2) is 4.85 Å². The summed E-state index contributed by atoms with van der Waals surface area (Å²) in [4.78, 5) is 28.3. The molecule has 0 radical (unpaired) electrons. The average Bonchev–Trinajstić information content (AvgIpc) is 2.33. The minimum absolute atomic E-state index is 0.0560. The van der Waals surface area contributed by atoms with Gasteiger partial charge in [0.15, 0.2) is 5.78 Å². The quantitative estimate of drug-likeness (QED) is 0.523. The van der Waals surface area contributed by atoms with E-state index in [4.69, 9.17) is 6.57 Å². The fourth-order valence-electron chi connectivity index (χ4n) is 3.62. The van der Waals surface area contributed by atoms with Gasteiger partial charge in [0.2, 0.25) is 12.1 Å². The number of allylic oxidation sites excluding steroid dienone is 1. The summed E-state index contributed by atoms with van der Waals surface area (Å²) in [6.07, 6.45) is 3.46. The molecule has 1 fully saturated rings. The van der Waals surface area contributed by atoms with Crippen molar-refractivity contribution in [2.45, 2.75) is 27.2 Å². The van der Waals surface area contributed by atoms with E-state index in [-0.39, 0.29) is 22.8 Å². The molecule has 4 heteroatoms. The largest absolute Gasteiger partial charge is 0.344 e. The van der Waals surface area contributed by atoms with Crippen molar-refractivity contribution in [3.8, 4) is 0 Å². The van der Waals surface area contributed by atoms with Crippen LogP contribution in [0.15, 0.2) is 11.8 Å². The number of piperidine rings is 1.